The van der Waals surface area contributed by atoms with Gasteiger partial charge in [0.15, 0.2) is 16.7 Å². The fourth-order valence-electron chi connectivity index (χ4n) is 2.81. The number of hydrogen-bond donors (Lipinski definition) is 1. The summed E-state index contributed by atoms with van der Waals surface area (Å²) in [7, 11) is 0. The van der Waals surface area contributed by atoms with Crippen LogP contribution in [-0.2, 0) is 4.79 Å². The van der Waals surface area contributed by atoms with Crippen molar-refractivity contribution in [1.29, 1.82) is 0 Å². The molecular weight excluding hydrogens is 383 g/mol. The van der Waals surface area contributed by atoms with Crippen LogP contribution in [0, 0.1) is 5.82 Å². The SMILES string of the molecule is C[C@@H](NC(=O)CSc1nncn1-c1ccccc1F)c1ccc2c(c1)OCO2. The second-order valence-electron chi connectivity index (χ2n) is 6.13. The van der Waals surface area contributed by atoms with Gasteiger partial charge in [-0.15, -0.1) is 10.2 Å². The van der Waals surface area contributed by atoms with E-state index in [2.05, 4.69) is 15.5 Å². The van der Waals surface area contributed by atoms with Crippen LogP contribution in [0.3, 0.4) is 0 Å². The second-order valence-corrected chi connectivity index (χ2v) is 7.07. The summed E-state index contributed by atoms with van der Waals surface area (Å²) < 4.78 is 26.2. The Morgan fingerprint density at radius 1 is 1.29 bits per heavy atom. The minimum atomic E-state index is -0.384. The number of benzene rings is 2. The zero-order chi connectivity index (χ0) is 19.5. The highest BCUT2D eigenvalue weighted by Crippen LogP contribution is 2.34. The van der Waals surface area contributed by atoms with Gasteiger partial charge in [-0.2, -0.15) is 0 Å². The van der Waals surface area contributed by atoms with Crippen molar-refractivity contribution in [2.45, 2.75) is 18.1 Å². The zero-order valence-electron chi connectivity index (χ0n) is 15.0. The Morgan fingerprint density at radius 2 is 2.11 bits per heavy atom. The first kappa shape index (κ1) is 18.3. The van der Waals surface area contributed by atoms with E-state index in [-0.39, 0.29) is 30.3 Å². The molecule has 0 saturated carbocycles. The number of amides is 1. The van der Waals surface area contributed by atoms with Crippen LogP contribution in [0.15, 0.2) is 53.9 Å². The number of fused-ring (bicyclic) bond motifs is 1. The monoisotopic (exact) mass is 400 g/mol. The van der Waals surface area contributed by atoms with Gasteiger partial charge >= 0.3 is 0 Å². The first-order chi connectivity index (χ1) is 13.6. The Balaban J connectivity index is 1.38. The summed E-state index contributed by atoms with van der Waals surface area (Å²) in [6.07, 6.45) is 1.42. The molecule has 1 atom stereocenters. The molecule has 9 heteroatoms. The van der Waals surface area contributed by atoms with Crippen molar-refractivity contribution >= 4 is 17.7 Å². The third kappa shape index (κ3) is 3.79. The van der Waals surface area contributed by atoms with Crippen molar-refractivity contribution in [2.24, 2.45) is 0 Å². The third-order valence-electron chi connectivity index (χ3n) is 4.23. The molecule has 28 heavy (non-hydrogen) atoms. The number of aromatic nitrogens is 3. The lowest BCUT2D eigenvalue weighted by Gasteiger charge is -2.15. The number of para-hydroxylation sites is 1. The molecule has 3 aromatic rings. The molecule has 0 unspecified atom stereocenters. The molecule has 1 aliphatic heterocycles. The molecule has 1 N–H and O–H groups in total. The molecule has 4 rings (SSSR count). The number of nitrogens with zero attached hydrogens (tertiary/aromatic N) is 3. The summed E-state index contributed by atoms with van der Waals surface area (Å²) >= 11 is 1.19. The molecule has 0 bridgehead atoms. The predicted octanol–water partition coefficient (Wildman–Crippen LogP) is 3.10. The molecule has 1 aliphatic rings. The lowest BCUT2D eigenvalue weighted by molar-refractivity contribution is -0.119. The molecule has 7 nitrogen and oxygen atoms in total. The zero-order valence-corrected chi connectivity index (χ0v) is 15.8. The van der Waals surface area contributed by atoms with Crippen molar-refractivity contribution in [2.75, 3.05) is 12.5 Å². The van der Waals surface area contributed by atoms with E-state index in [1.165, 1.54) is 28.7 Å². The van der Waals surface area contributed by atoms with E-state index in [9.17, 15) is 9.18 Å². The van der Waals surface area contributed by atoms with Crippen LogP contribution in [0.25, 0.3) is 5.69 Å². The van der Waals surface area contributed by atoms with Gasteiger partial charge in [-0.05, 0) is 36.8 Å². The fourth-order valence-corrected chi connectivity index (χ4v) is 3.55. The highest BCUT2D eigenvalue weighted by molar-refractivity contribution is 7.99. The van der Waals surface area contributed by atoms with Crippen molar-refractivity contribution in [3.63, 3.8) is 0 Å². The van der Waals surface area contributed by atoms with Gasteiger partial charge in [0.25, 0.3) is 0 Å². The van der Waals surface area contributed by atoms with E-state index >= 15 is 0 Å². The third-order valence-corrected chi connectivity index (χ3v) is 5.18. The van der Waals surface area contributed by atoms with E-state index in [4.69, 9.17) is 9.47 Å². The fraction of sp³-hybridized carbons (Fsp3) is 0.211. The highest BCUT2D eigenvalue weighted by atomic mass is 32.2. The Morgan fingerprint density at radius 3 is 2.96 bits per heavy atom. The molecular formula is C19H17FN4O3S. The topological polar surface area (TPSA) is 78.3 Å². The molecule has 2 heterocycles. The van der Waals surface area contributed by atoms with Crippen LogP contribution in [0.1, 0.15) is 18.5 Å². The number of ether oxygens (including phenoxy) is 2. The summed E-state index contributed by atoms with van der Waals surface area (Å²) in [6, 6.07) is 11.7. The molecule has 0 saturated heterocycles. The number of hydrogen-bond acceptors (Lipinski definition) is 6. The number of nitrogens with one attached hydrogen (secondary N) is 1. The summed E-state index contributed by atoms with van der Waals surface area (Å²) in [5, 5.41) is 11.2. The molecule has 0 radical (unpaired) electrons. The van der Waals surface area contributed by atoms with E-state index in [0.29, 0.717) is 22.3 Å². The molecule has 1 amide bonds. The Bertz CT molecular complexity index is 1010. The van der Waals surface area contributed by atoms with Gasteiger partial charge in [0.1, 0.15) is 12.1 Å². The molecule has 2 aromatic carbocycles. The average Bonchev–Trinajstić information content (AvgIpc) is 3.35. The van der Waals surface area contributed by atoms with Crippen molar-refractivity contribution < 1.29 is 18.7 Å². The molecule has 0 aliphatic carbocycles. The van der Waals surface area contributed by atoms with Crippen LogP contribution in [0.4, 0.5) is 4.39 Å². The first-order valence-electron chi connectivity index (χ1n) is 8.58. The second kappa shape index (κ2) is 7.89. The van der Waals surface area contributed by atoms with Crippen LogP contribution in [-0.4, -0.2) is 33.2 Å². The summed E-state index contributed by atoms with van der Waals surface area (Å²) in [5.41, 5.74) is 1.25. The van der Waals surface area contributed by atoms with E-state index < -0.39 is 0 Å². The first-order valence-corrected chi connectivity index (χ1v) is 9.57. The Kier molecular flexibility index (Phi) is 5.16. The molecule has 1 aromatic heterocycles. The van der Waals surface area contributed by atoms with Crippen molar-refractivity contribution in [1.82, 2.24) is 20.1 Å². The summed E-state index contributed by atoms with van der Waals surface area (Å²) in [4.78, 5) is 12.4. The minimum absolute atomic E-state index is 0.127. The lowest BCUT2D eigenvalue weighted by atomic mass is 10.1. The van der Waals surface area contributed by atoms with Crippen LogP contribution < -0.4 is 14.8 Å². The van der Waals surface area contributed by atoms with E-state index in [1.807, 2.05) is 25.1 Å². The summed E-state index contributed by atoms with van der Waals surface area (Å²) in [6.45, 7) is 2.10. The quantitative estimate of drug-likeness (QED) is 0.641. The number of halogens is 1. The maximum absolute atomic E-state index is 14.0. The standard InChI is InChI=1S/C19H17FN4O3S/c1-12(13-6-7-16-17(8-13)27-11-26-16)22-18(25)9-28-19-23-21-10-24(19)15-5-3-2-4-14(15)20/h2-8,10,12H,9,11H2,1H3,(H,22,25)/t12-/m1/s1. The average molecular weight is 400 g/mol. The van der Waals surface area contributed by atoms with Gasteiger partial charge in [0.05, 0.1) is 17.5 Å². The van der Waals surface area contributed by atoms with Crippen molar-refractivity contribution in [3.8, 4) is 17.2 Å². The van der Waals surface area contributed by atoms with Crippen molar-refractivity contribution in [3.05, 3.63) is 60.2 Å². The van der Waals surface area contributed by atoms with E-state index in [1.54, 1.807) is 18.2 Å². The van der Waals surface area contributed by atoms with Crippen LogP contribution >= 0.6 is 11.8 Å². The van der Waals surface area contributed by atoms with Gasteiger partial charge in [0, 0.05) is 0 Å². The smallest absolute Gasteiger partial charge is 0.231 e. The minimum Gasteiger partial charge on any atom is -0.454 e. The van der Waals surface area contributed by atoms with Gasteiger partial charge in [-0.3, -0.25) is 9.36 Å². The maximum atomic E-state index is 14.0. The molecule has 0 fully saturated rings. The van der Waals surface area contributed by atoms with Gasteiger partial charge in [-0.25, -0.2) is 4.39 Å². The molecule has 144 valence electrons. The van der Waals surface area contributed by atoms with Gasteiger partial charge in [0.2, 0.25) is 12.7 Å². The summed E-state index contributed by atoms with van der Waals surface area (Å²) in [5.74, 6) is 0.946. The van der Waals surface area contributed by atoms with E-state index in [0.717, 1.165) is 5.56 Å². The largest absolute Gasteiger partial charge is 0.454 e. The lowest BCUT2D eigenvalue weighted by Crippen LogP contribution is -2.28. The molecule has 0 spiro atoms. The highest BCUT2D eigenvalue weighted by Gasteiger charge is 2.18. The number of thioether (sulfide) groups is 1. The van der Waals surface area contributed by atoms with Gasteiger partial charge < -0.3 is 14.8 Å². The number of carbonyl (C=O) groups excluding carboxylic acids is 1. The number of carbonyl (C=O) groups is 1. The predicted molar refractivity (Wildman–Crippen MR) is 101 cm³/mol. The Hall–Kier alpha value is -3.07. The Labute approximate surface area is 164 Å². The van der Waals surface area contributed by atoms with Crippen LogP contribution in [0.5, 0.6) is 11.5 Å². The van der Waals surface area contributed by atoms with Gasteiger partial charge in [-0.1, -0.05) is 30.0 Å². The maximum Gasteiger partial charge on any atom is 0.231 e. The normalized spacial score (nSPS) is 13.4. The van der Waals surface area contributed by atoms with Crippen LogP contribution in [0.2, 0.25) is 0 Å². The number of rotatable bonds is 6.